The molecule has 0 fully saturated rings. The Bertz CT molecular complexity index is 252. The Morgan fingerprint density at radius 2 is 2.38 bits per heavy atom. The lowest BCUT2D eigenvalue weighted by molar-refractivity contribution is -0.145. The van der Waals surface area contributed by atoms with Crippen molar-refractivity contribution in [3.8, 4) is 6.26 Å². The third-order valence-electron chi connectivity index (χ3n) is 1.06. The van der Waals surface area contributed by atoms with E-state index in [1.807, 2.05) is 0 Å². The molecule has 0 aromatic heterocycles. The van der Waals surface area contributed by atoms with Crippen molar-refractivity contribution in [2.24, 2.45) is 4.99 Å². The smallest absolute Gasteiger partial charge is 0.311 e. The molecule has 1 atom stereocenters. The van der Waals surface area contributed by atoms with Crippen molar-refractivity contribution >= 4 is 12.0 Å². The van der Waals surface area contributed by atoms with Gasteiger partial charge in [-0.1, -0.05) is 0 Å². The van der Waals surface area contributed by atoms with Gasteiger partial charge in [-0.3, -0.25) is 4.79 Å². The van der Waals surface area contributed by atoms with Gasteiger partial charge in [0.2, 0.25) is 6.08 Å². The molecule has 0 saturated carbocycles. The molecule has 0 amide bonds. The summed E-state index contributed by atoms with van der Waals surface area (Å²) in [6, 6.07) is 0. The molecule has 0 aliphatic heterocycles. The molecule has 0 bridgehead atoms. The van der Waals surface area contributed by atoms with E-state index >= 15 is 0 Å². The maximum Gasteiger partial charge on any atom is 0.311 e. The fraction of sp³-hybridized carbons (Fsp3) is 0.571. The normalized spacial score (nSPS) is 10.5. The number of nitriles is 1. The zero-order chi connectivity index (χ0) is 10.1. The molecule has 0 aromatic rings. The summed E-state index contributed by atoms with van der Waals surface area (Å²) < 4.78 is 8.86. The number of isocyanates is 1. The van der Waals surface area contributed by atoms with E-state index in [4.69, 9.17) is 5.26 Å². The zero-order valence-electron chi connectivity index (χ0n) is 7.02. The molecule has 0 radical (unpaired) electrons. The number of hydrogen-bond donors (Lipinski definition) is 0. The second-order valence-electron chi connectivity index (χ2n) is 2.12. The average Bonchev–Trinajstić information content (AvgIpc) is 2.05. The lowest BCUT2D eigenvalue weighted by Gasteiger charge is -2.05. The quantitative estimate of drug-likeness (QED) is 0.261. The number of ether oxygens (including phenoxy) is 2. The second kappa shape index (κ2) is 6.83. The van der Waals surface area contributed by atoms with E-state index in [1.54, 1.807) is 6.92 Å². The molecule has 6 nitrogen and oxygen atoms in total. The van der Waals surface area contributed by atoms with E-state index in [9.17, 15) is 9.59 Å². The fourth-order valence-corrected chi connectivity index (χ4v) is 0.556. The fourth-order valence-electron chi connectivity index (χ4n) is 0.556. The first-order valence-corrected chi connectivity index (χ1v) is 3.44. The minimum absolute atomic E-state index is 0.0536. The molecule has 0 aliphatic carbocycles. The molecule has 70 valence electrons. The highest BCUT2D eigenvalue weighted by atomic mass is 16.5. The molecular weight excluding hydrogens is 176 g/mol. The zero-order valence-corrected chi connectivity index (χ0v) is 7.02. The summed E-state index contributed by atoms with van der Waals surface area (Å²) in [6.07, 6.45) is 2.08. The summed E-state index contributed by atoms with van der Waals surface area (Å²) in [5.74, 6) is -0.582. The van der Waals surface area contributed by atoms with Crippen LogP contribution in [0.25, 0.3) is 0 Å². The Morgan fingerprint density at radius 1 is 1.69 bits per heavy atom. The minimum Gasteiger partial charge on any atom is -0.441 e. The van der Waals surface area contributed by atoms with Crippen molar-refractivity contribution in [1.29, 1.82) is 5.26 Å². The number of carbonyl (C=O) groups excluding carboxylic acids is 2. The number of hydrogen-bond acceptors (Lipinski definition) is 6. The Hall–Kier alpha value is -1.86. The second-order valence-corrected chi connectivity index (χ2v) is 2.12. The van der Waals surface area contributed by atoms with Crippen molar-refractivity contribution in [2.75, 3.05) is 6.73 Å². The van der Waals surface area contributed by atoms with Gasteiger partial charge in [0.05, 0.1) is 6.42 Å². The van der Waals surface area contributed by atoms with E-state index in [2.05, 4.69) is 14.5 Å². The van der Waals surface area contributed by atoms with E-state index in [-0.39, 0.29) is 13.2 Å². The minimum atomic E-state index is -0.582. The molecular formula is C7H8N2O4. The van der Waals surface area contributed by atoms with Gasteiger partial charge in [-0.05, 0) is 6.92 Å². The van der Waals surface area contributed by atoms with Gasteiger partial charge in [0, 0.05) is 0 Å². The van der Waals surface area contributed by atoms with Crippen molar-refractivity contribution in [1.82, 2.24) is 0 Å². The van der Waals surface area contributed by atoms with Crippen molar-refractivity contribution < 1.29 is 19.1 Å². The summed E-state index contributed by atoms with van der Waals surface area (Å²) in [4.78, 5) is 23.4. The monoisotopic (exact) mass is 184 g/mol. The van der Waals surface area contributed by atoms with Gasteiger partial charge in [0.25, 0.3) is 6.26 Å². The Balaban J connectivity index is 3.62. The van der Waals surface area contributed by atoms with Crippen LogP contribution in [0.5, 0.6) is 0 Å². The summed E-state index contributed by atoms with van der Waals surface area (Å²) in [7, 11) is 0. The maximum absolute atomic E-state index is 10.8. The maximum atomic E-state index is 10.8. The summed E-state index contributed by atoms with van der Waals surface area (Å²) in [5, 5.41) is 8.07. The summed E-state index contributed by atoms with van der Waals surface area (Å²) in [5.41, 5.74) is 0. The highest BCUT2D eigenvalue weighted by Gasteiger charge is 2.10. The highest BCUT2D eigenvalue weighted by Crippen LogP contribution is 1.98. The Labute approximate surface area is 74.8 Å². The van der Waals surface area contributed by atoms with Gasteiger partial charge in [0.1, 0.15) is 6.10 Å². The molecule has 13 heavy (non-hydrogen) atoms. The van der Waals surface area contributed by atoms with Crippen molar-refractivity contribution in [3.05, 3.63) is 0 Å². The topological polar surface area (TPSA) is 88.8 Å². The first kappa shape index (κ1) is 11.1. The van der Waals surface area contributed by atoms with Gasteiger partial charge in [-0.25, -0.2) is 4.79 Å². The third kappa shape index (κ3) is 6.53. The molecule has 0 saturated heterocycles. The van der Waals surface area contributed by atoms with Gasteiger partial charge >= 0.3 is 5.97 Å². The molecule has 6 heteroatoms. The van der Waals surface area contributed by atoms with Crippen LogP contribution in [0.1, 0.15) is 13.3 Å². The number of carbonyl (C=O) groups is 1. The van der Waals surface area contributed by atoms with Gasteiger partial charge in [0.15, 0.2) is 6.73 Å². The molecule has 0 N–H and O–H groups in total. The molecule has 0 aliphatic rings. The predicted octanol–water partition coefficient (Wildman–Crippen LogP) is 0.0992. The lowest BCUT2D eigenvalue weighted by Crippen LogP contribution is -2.14. The van der Waals surface area contributed by atoms with Crippen LogP contribution in [0.4, 0.5) is 0 Å². The first-order valence-electron chi connectivity index (χ1n) is 3.44. The third-order valence-corrected chi connectivity index (χ3v) is 1.06. The molecule has 0 spiro atoms. The highest BCUT2D eigenvalue weighted by molar-refractivity contribution is 5.69. The van der Waals surface area contributed by atoms with Crippen LogP contribution >= 0.6 is 0 Å². The standard InChI is InChI=1S/C7H8N2O4/c1-6(12-3-8)2-7(11)13-5-9-4-10/h6H,2,5H2,1H3. The van der Waals surface area contributed by atoms with Crippen LogP contribution in [0.15, 0.2) is 4.99 Å². The van der Waals surface area contributed by atoms with E-state index in [0.717, 1.165) is 0 Å². The SMILES string of the molecule is CC(CC(=O)OCN=C=O)OC#N. The van der Waals surface area contributed by atoms with E-state index in [0.29, 0.717) is 0 Å². The molecule has 0 rings (SSSR count). The van der Waals surface area contributed by atoms with Crippen LogP contribution in [0.3, 0.4) is 0 Å². The Morgan fingerprint density at radius 3 is 2.92 bits per heavy atom. The summed E-state index contributed by atoms with van der Waals surface area (Å²) in [6.45, 7) is 1.20. The molecule has 1 unspecified atom stereocenters. The molecule has 0 heterocycles. The Kier molecular flexibility index (Phi) is 5.85. The number of aliphatic imine (C=N–C) groups is 1. The first-order chi connectivity index (χ1) is 6.20. The van der Waals surface area contributed by atoms with Gasteiger partial charge in [-0.2, -0.15) is 10.3 Å². The van der Waals surface area contributed by atoms with E-state index in [1.165, 1.54) is 12.3 Å². The van der Waals surface area contributed by atoms with Gasteiger partial charge in [-0.15, -0.1) is 0 Å². The number of rotatable bonds is 5. The van der Waals surface area contributed by atoms with Crippen molar-refractivity contribution in [3.63, 3.8) is 0 Å². The lowest BCUT2D eigenvalue weighted by atomic mass is 10.3. The number of esters is 1. The average molecular weight is 184 g/mol. The van der Waals surface area contributed by atoms with Crippen LogP contribution in [0.2, 0.25) is 0 Å². The van der Waals surface area contributed by atoms with Crippen LogP contribution in [-0.2, 0) is 19.1 Å². The van der Waals surface area contributed by atoms with E-state index < -0.39 is 12.1 Å². The molecule has 0 aromatic carbocycles. The van der Waals surface area contributed by atoms with Crippen LogP contribution in [-0.4, -0.2) is 24.9 Å². The van der Waals surface area contributed by atoms with Crippen LogP contribution < -0.4 is 0 Å². The predicted molar refractivity (Wildman–Crippen MR) is 39.9 cm³/mol. The van der Waals surface area contributed by atoms with Gasteiger partial charge < -0.3 is 9.47 Å². The van der Waals surface area contributed by atoms with Crippen molar-refractivity contribution in [2.45, 2.75) is 19.4 Å². The largest absolute Gasteiger partial charge is 0.441 e. The number of nitrogens with zero attached hydrogens (tertiary/aromatic N) is 2. The van der Waals surface area contributed by atoms with Crippen LogP contribution in [0, 0.1) is 11.5 Å². The summed E-state index contributed by atoms with van der Waals surface area (Å²) >= 11 is 0.